The Kier molecular flexibility index (Phi) is 2.85. The van der Waals surface area contributed by atoms with Crippen LogP contribution in [0.5, 0.6) is 0 Å². The van der Waals surface area contributed by atoms with Gasteiger partial charge in [0.25, 0.3) is 0 Å². The van der Waals surface area contributed by atoms with Crippen LogP contribution in [0, 0.1) is 18.3 Å². The molecule has 0 aliphatic carbocycles. The van der Waals surface area contributed by atoms with Gasteiger partial charge >= 0.3 is 0 Å². The lowest BCUT2D eigenvalue weighted by molar-refractivity contribution is 0.361. The lowest BCUT2D eigenvalue weighted by Crippen LogP contribution is -2.17. The molecule has 1 atom stereocenters. The van der Waals surface area contributed by atoms with Crippen LogP contribution in [-0.4, -0.2) is 19.0 Å². The molecule has 0 saturated carbocycles. The zero-order chi connectivity index (χ0) is 9.14. The van der Waals surface area contributed by atoms with Crippen LogP contribution >= 0.6 is 11.3 Å². The highest BCUT2D eigenvalue weighted by Crippen LogP contribution is 2.26. The Hall–Kier alpha value is -0.850. The molecule has 0 amide bonds. The lowest BCUT2D eigenvalue weighted by atomic mass is 10.2. The molecule has 0 spiro atoms. The van der Waals surface area contributed by atoms with Crippen molar-refractivity contribution in [1.29, 1.82) is 5.26 Å². The molecule has 0 aliphatic rings. The molecule has 0 aliphatic heterocycles. The van der Waals surface area contributed by atoms with E-state index in [0.717, 1.165) is 4.88 Å². The molecule has 1 aromatic rings. The van der Waals surface area contributed by atoms with Gasteiger partial charge in [-0.05, 0) is 38.0 Å². The van der Waals surface area contributed by atoms with Crippen LogP contribution in [0.4, 0.5) is 0 Å². The van der Waals surface area contributed by atoms with Gasteiger partial charge in [0.05, 0.1) is 6.07 Å². The summed E-state index contributed by atoms with van der Waals surface area (Å²) in [4.78, 5) is 3.08. The Bertz CT molecular complexity index is 296. The van der Waals surface area contributed by atoms with Gasteiger partial charge < -0.3 is 0 Å². The van der Waals surface area contributed by atoms with Crippen molar-refractivity contribution in [2.24, 2.45) is 0 Å². The van der Waals surface area contributed by atoms with Crippen LogP contribution < -0.4 is 0 Å². The summed E-state index contributed by atoms with van der Waals surface area (Å²) in [5, 5.41) is 10.9. The number of nitrogens with zero attached hydrogens (tertiary/aromatic N) is 2. The van der Waals surface area contributed by atoms with Gasteiger partial charge in [0.1, 0.15) is 6.04 Å². The van der Waals surface area contributed by atoms with E-state index in [9.17, 15) is 0 Å². The van der Waals surface area contributed by atoms with Crippen molar-refractivity contribution in [2.75, 3.05) is 14.1 Å². The lowest BCUT2D eigenvalue weighted by Gasteiger charge is -2.16. The monoisotopic (exact) mass is 180 g/mol. The van der Waals surface area contributed by atoms with Crippen molar-refractivity contribution in [3.05, 3.63) is 21.9 Å². The third-order valence-electron chi connectivity index (χ3n) is 1.79. The molecule has 1 rings (SSSR count). The SMILES string of the molecule is Cc1ccsc1C(C#N)N(C)C. The summed E-state index contributed by atoms with van der Waals surface area (Å²) in [6.45, 7) is 2.04. The van der Waals surface area contributed by atoms with E-state index in [1.165, 1.54) is 5.56 Å². The second-order valence-corrected chi connectivity index (χ2v) is 3.91. The molecule has 0 N–H and O–H groups in total. The fourth-order valence-electron chi connectivity index (χ4n) is 1.07. The van der Waals surface area contributed by atoms with Gasteiger partial charge in [-0.15, -0.1) is 11.3 Å². The second kappa shape index (κ2) is 3.70. The van der Waals surface area contributed by atoms with Crippen LogP contribution in [0.15, 0.2) is 11.4 Å². The summed E-state index contributed by atoms with van der Waals surface area (Å²) in [5.74, 6) is 0. The summed E-state index contributed by atoms with van der Waals surface area (Å²) in [5.41, 5.74) is 1.21. The summed E-state index contributed by atoms with van der Waals surface area (Å²) in [7, 11) is 3.85. The minimum Gasteiger partial charge on any atom is -0.290 e. The molecule has 0 fully saturated rings. The van der Waals surface area contributed by atoms with E-state index in [0.29, 0.717) is 0 Å². The maximum atomic E-state index is 8.91. The summed E-state index contributed by atoms with van der Waals surface area (Å²) < 4.78 is 0. The first kappa shape index (κ1) is 9.24. The van der Waals surface area contributed by atoms with Gasteiger partial charge in [-0.25, -0.2) is 0 Å². The van der Waals surface area contributed by atoms with Crippen molar-refractivity contribution < 1.29 is 0 Å². The number of hydrogen-bond donors (Lipinski definition) is 0. The number of nitriles is 1. The molecule has 0 saturated heterocycles. The molecule has 0 bridgehead atoms. The summed E-state index contributed by atoms with van der Waals surface area (Å²) in [6, 6.07) is 4.24. The van der Waals surface area contributed by atoms with E-state index < -0.39 is 0 Å². The van der Waals surface area contributed by atoms with E-state index in [-0.39, 0.29) is 6.04 Å². The molecule has 1 unspecified atom stereocenters. The Morgan fingerprint density at radius 3 is 2.58 bits per heavy atom. The fraction of sp³-hybridized carbons (Fsp3) is 0.444. The van der Waals surface area contributed by atoms with Crippen molar-refractivity contribution in [2.45, 2.75) is 13.0 Å². The highest BCUT2D eigenvalue weighted by atomic mass is 32.1. The molecule has 1 heterocycles. The van der Waals surface area contributed by atoms with Crippen LogP contribution in [-0.2, 0) is 0 Å². The predicted octanol–water partition coefficient (Wildman–Crippen LogP) is 2.18. The third kappa shape index (κ3) is 1.66. The Morgan fingerprint density at radius 1 is 1.58 bits per heavy atom. The van der Waals surface area contributed by atoms with Gasteiger partial charge in [0, 0.05) is 4.88 Å². The first-order valence-electron chi connectivity index (χ1n) is 3.77. The van der Waals surface area contributed by atoms with Crippen molar-refractivity contribution >= 4 is 11.3 Å². The minimum atomic E-state index is -0.0926. The Morgan fingerprint density at radius 2 is 2.25 bits per heavy atom. The average Bonchev–Trinajstić information content (AvgIpc) is 2.38. The van der Waals surface area contributed by atoms with E-state index >= 15 is 0 Å². The van der Waals surface area contributed by atoms with E-state index in [1.54, 1.807) is 11.3 Å². The number of aryl methyl sites for hydroxylation is 1. The van der Waals surface area contributed by atoms with Gasteiger partial charge in [0.2, 0.25) is 0 Å². The largest absolute Gasteiger partial charge is 0.290 e. The minimum absolute atomic E-state index is 0.0926. The third-order valence-corrected chi connectivity index (χ3v) is 2.86. The molecular weight excluding hydrogens is 168 g/mol. The molecular formula is C9H12N2S. The average molecular weight is 180 g/mol. The number of hydrogen-bond acceptors (Lipinski definition) is 3. The zero-order valence-electron chi connectivity index (χ0n) is 7.53. The van der Waals surface area contributed by atoms with Crippen LogP contribution in [0.2, 0.25) is 0 Å². The second-order valence-electron chi connectivity index (χ2n) is 2.96. The fourth-order valence-corrected chi connectivity index (χ4v) is 2.14. The van der Waals surface area contributed by atoms with E-state index in [1.807, 2.05) is 37.4 Å². The van der Waals surface area contributed by atoms with Gasteiger partial charge in [0.15, 0.2) is 0 Å². The van der Waals surface area contributed by atoms with E-state index in [2.05, 4.69) is 6.07 Å². The Balaban J connectivity index is 2.97. The van der Waals surface area contributed by atoms with Crippen molar-refractivity contribution in [3.8, 4) is 6.07 Å². The molecule has 12 heavy (non-hydrogen) atoms. The van der Waals surface area contributed by atoms with Crippen LogP contribution in [0.3, 0.4) is 0 Å². The van der Waals surface area contributed by atoms with Crippen molar-refractivity contribution in [1.82, 2.24) is 4.90 Å². The molecule has 0 aromatic carbocycles. The highest BCUT2D eigenvalue weighted by molar-refractivity contribution is 7.10. The predicted molar refractivity (Wildman–Crippen MR) is 51.1 cm³/mol. The molecule has 3 heteroatoms. The zero-order valence-corrected chi connectivity index (χ0v) is 8.35. The summed E-state index contributed by atoms with van der Waals surface area (Å²) >= 11 is 1.65. The topological polar surface area (TPSA) is 27.0 Å². The number of thiophene rings is 1. The smallest absolute Gasteiger partial charge is 0.132 e. The molecule has 2 nitrogen and oxygen atoms in total. The quantitative estimate of drug-likeness (QED) is 0.697. The standard InChI is InChI=1S/C9H12N2S/c1-7-4-5-12-9(7)8(6-10)11(2)3/h4-5,8H,1-3H3. The maximum Gasteiger partial charge on any atom is 0.132 e. The molecule has 0 radical (unpaired) electrons. The van der Waals surface area contributed by atoms with Gasteiger partial charge in [-0.3, -0.25) is 4.90 Å². The highest BCUT2D eigenvalue weighted by Gasteiger charge is 2.15. The normalized spacial score (nSPS) is 12.9. The molecule has 64 valence electrons. The first-order valence-corrected chi connectivity index (χ1v) is 4.65. The van der Waals surface area contributed by atoms with Crippen molar-refractivity contribution in [3.63, 3.8) is 0 Å². The van der Waals surface area contributed by atoms with Crippen LogP contribution in [0.25, 0.3) is 0 Å². The molecule has 1 aromatic heterocycles. The van der Waals surface area contributed by atoms with E-state index in [4.69, 9.17) is 5.26 Å². The maximum absolute atomic E-state index is 8.91. The number of rotatable bonds is 2. The van der Waals surface area contributed by atoms with Gasteiger partial charge in [-0.1, -0.05) is 0 Å². The Labute approximate surface area is 77.0 Å². The van der Waals surface area contributed by atoms with Gasteiger partial charge in [-0.2, -0.15) is 5.26 Å². The summed E-state index contributed by atoms with van der Waals surface area (Å²) in [6.07, 6.45) is 0. The first-order chi connectivity index (χ1) is 5.66. The van der Waals surface area contributed by atoms with Crippen LogP contribution in [0.1, 0.15) is 16.5 Å².